The van der Waals surface area contributed by atoms with Gasteiger partial charge in [-0.25, -0.2) is 22.8 Å². The number of isocyanates is 1. The van der Waals surface area contributed by atoms with Gasteiger partial charge >= 0.3 is 12.2 Å². The molecule has 1 saturated heterocycles. The Balaban J connectivity index is 0.000000624. The molecule has 0 spiro atoms. The number of alkyl carbamates (subject to hydrolysis) is 1. The molecule has 5 amide bonds. The number of nitrogens with zero attached hydrogens (tertiary/aromatic N) is 2. The van der Waals surface area contributed by atoms with E-state index in [9.17, 15) is 37.2 Å². The molecule has 0 radical (unpaired) electrons. The van der Waals surface area contributed by atoms with Crippen molar-refractivity contribution >= 4 is 57.4 Å². The van der Waals surface area contributed by atoms with Gasteiger partial charge in [0.2, 0.25) is 27.9 Å². The van der Waals surface area contributed by atoms with Crippen molar-refractivity contribution in [1.29, 1.82) is 0 Å². The van der Waals surface area contributed by atoms with Crippen LogP contribution in [0.5, 0.6) is 11.5 Å². The number of carbonyl (C=O) groups is 5. The summed E-state index contributed by atoms with van der Waals surface area (Å²) in [6.45, 7) is 13.7. The second kappa shape index (κ2) is 19.0. The molecule has 0 bridgehead atoms. The lowest BCUT2D eigenvalue weighted by atomic mass is 9.85. The Hall–Kier alpha value is -5.94. The fourth-order valence-electron chi connectivity index (χ4n) is 6.44. The maximum absolute atomic E-state index is 14.2. The first kappa shape index (κ1) is 46.7. The van der Waals surface area contributed by atoms with Crippen molar-refractivity contribution in [2.45, 2.75) is 102 Å². The van der Waals surface area contributed by atoms with Crippen LogP contribution >= 0.6 is 0 Å². The highest BCUT2D eigenvalue weighted by molar-refractivity contribution is 7.91. The van der Waals surface area contributed by atoms with Crippen molar-refractivity contribution in [3.63, 3.8) is 0 Å². The van der Waals surface area contributed by atoms with Crippen LogP contribution in [0.15, 0.2) is 66.2 Å². The highest BCUT2D eigenvalue weighted by Crippen LogP contribution is 2.45. The molecule has 60 heavy (non-hydrogen) atoms. The van der Waals surface area contributed by atoms with Gasteiger partial charge in [0.15, 0.2) is 0 Å². The number of aliphatic imine (C=N–C) groups is 1. The molecule has 1 unspecified atom stereocenters. The summed E-state index contributed by atoms with van der Waals surface area (Å²) >= 11 is 0. The van der Waals surface area contributed by atoms with E-state index in [1.807, 2.05) is 6.07 Å². The normalized spacial score (nSPS) is 21.3. The van der Waals surface area contributed by atoms with Crippen LogP contribution in [0.25, 0.3) is 0 Å². The quantitative estimate of drug-likeness (QED) is 0.124. The average molecular weight is 855 g/mol. The highest BCUT2D eigenvalue weighted by Gasteiger charge is 2.62. The van der Waals surface area contributed by atoms with Gasteiger partial charge in [0.1, 0.15) is 46.5 Å². The van der Waals surface area contributed by atoms with Gasteiger partial charge in [-0.2, -0.15) is 4.99 Å². The monoisotopic (exact) mass is 854 g/mol. The van der Waals surface area contributed by atoms with E-state index in [4.69, 9.17) is 18.9 Å². The summed E-state index contributed by atoms with van der Waals surface area (Å²) < 4.78 is 48.5. The maximum atomic E-state index is 14.2. The Morgan fingerprint density at radius 1 is 0.950 bits per heavy atom. The molecule has 1 aliphatic heterocycles. The van der Waals surface area contributed by atoms with E-state index in [-0.39, 0.29) is 19.4 Å². The van der Waals surface area contributed by atoms with Crippen LogP contribution in [-0.2, 0) is 38.7 Å². The third kappa shape index (κ3) is 12.1. The lowest BCUT2D eigenvalue weighted by Crippen LogP contribution is -2.60. The van der Waals surface area contributed by atoms with Crippen molar-refractivity contribution in [3.8, 4) is 11.5 Å². The highest BCUT2D eigenvalue weighted by atomic mass is 32.2. The summed E-state index contributed by atoms with van der Waals surface area (Å²) in [7, 11) is -0.952. The number of likely N-dealkylation sites (tertiary alicyclic amines) is 1. The molecule has 326 valence electrons. The fraction of sp³-hybridized carbons (Fsp3) is 0.512. The van der Waals surface area contributed by atoms with E-state index in [0.717, 1.165) is 0 Å². The molecule has 18 nitrogen and oxygen atoms in total. The second-order valence-corrected chi connectivity index (χ2v) is 18.6. The zero-order chi connectivity index (χ0) is 44.6. The maximum Gasteiger partial charge on any atom is 0.412 e. The number of ether oxygens (including phenoxy) is 4. The molecule has 5 rings (SSSR count). The Morgan fingerprint density at radius 2 is 1.57 bits per heavy atom. The number of para-hydroxylation sites is 4. The summed E-state index contributed by atoms with van der Waals surface area (Å²) in [5.41, 5.74) is -2.48. The minimum Gasteiger partial charge on any atom is -0.495 e. The summed E-state index contributed by atoms with van der Waals surface area (Å²) in [5, 5.41) is 7.25. The lowest BCUT2D eigenvalue weighted by molar-refractivity contribution is -0.143. The van der Waals surface area contributed by atoms with Gasteiger partial charge < -0.3 is 34.5 Å². The van der Waals surface area contributed by atoms with Crippen molar-refractivity contribution in [2.75, 3.05) is 26.1 Å². The van der Waals surface area contributed by atoms with Crippen LogP contribution in [0.3, 0.4) is 0 Å². The van der Waals surface area contributed by atoms with Gasteiger partial charge in [0.05, 0.1) is 31.7 Å². The van der Waals surface area contributed by atoms with Gasteiger partial charge in [0, 0.05) is 12.3 Å². The van der Waals surface area contributed by atoms with Crippen LogP contribution in [0.2, 0.25) is 0 Å². The van der Waals surface area contributed by atoms with E-state index in [2.05, 4.69) is 32.2 Å². The van der Waals surface area contributed by atoms with Crippen molar-refractivity contribution < 1.29 is 56.1 Å². The second-order valence-electron chi connectivity index (χ2n) is 16.6. The minimum atomic E-state index is -3.92. The standard InChI is InChI=1S/C33H47N5O10S.C8H7NO2/c1-9-19-17-33(19,28(41)37-49(44,45)21-14-15-21)36-26(39)23-16-20(47-29(42)34-22-12-10-11-13-24(22)46-8)18-38(23)27(40)25(31(2,3)4)35-30(43)48-32(5,6)7;1-11-8-5-3-2-4-7(8)9-6-10/h9-13,19-21,23,25H,1,14-18H2,2-8H3,(H,34,42)(H,35,43)(H,36,39)(H,37,41);2-5H,1H3/t19?,20-,23+,25-,33-;/m1./s1. The molecule has 2 aliphatic carbocycles. The Kier molecular flexibility index (Phi) is 14.8. The fourth-order valence-corrected chi connectivity index (χ4v) is 7.81. The largest absolute Gasteiger partial charge is 0.495 e. The molecule has 0 aromatic heterocycles. The first-order valence-corrected chi connectivity index (χ1v) is 20.8. The summed E-state index contributed by atoms with van der Waals surface area (Å²) in [5.74, 6) is -1.91. The SMILES string of the molecule is C=CC1C[C@]1(NC(=O)[C@@H]1C[C@@H](OC(=O)Nc2ccccc2OC)CN1C(=O)[C@@H](NC(=O)OC(C)(C)C)C(C)(C)C)C(=O)NS(=O)(=O)C1CC1.COc1ccccc1N=C=O. The molecule has 5 atom stereocenters. The van der Waals surface area contributed by atoms with Gasteiger partial charge in [0.25, 0.3) is 5.91 Å². The average Bonchev–Trinajstić information content (AvgIpc) is 4.10. The predicted molar refractivity (Wildman–Crippen MR) is 220 cm³/mol. The van der Waals surface area contributed by atoms with Crippen molar-refractivity contribution in [1.82, 2.24) is 20.3 Å². The lowest BCUT2D eigenvalue weighted by Gasteiger charge is -2.36. The Bertz CT molecular complexity index is 2110. The van der Waals surface area contributed by atoms with E-state index < -0.39 is 85.8 Å². The zero-order valence-electron chi connectivity index (χ0n) is 35.0. The first-order chi connectivity index (χ1) is 28.1. The number of methoxy groups -OCH3 is 2. The van der Waals surface area contributed by atoms with Crippen LogP contribution in [-0.4, -0.2) is 105 Å². The molecule has 2 aromatic rings. The summed E-state index contributed by atoms with van der Waals surface area (Å²) in [4.78, 5) is 81.9. The van der Waals surface area contributed by atoms with Gasteiger partial charge in [-0.1, -0.05) is 51.1 Å². The first-order valence-electron chi connectivity index (χ1n) is 19.2. The van der Waals surface area contributed by atoms with Crippen LogP contribution in [0, 0.1) is 11.3 Å². The Labute approximate surface area is 349 Å². The summed E-state index contributed by atoms with van der Waals surface area (Å²) in [6, 6.07) is 11.2. The van der Waals surface area contributed by atoms with Crippen molar-refractivity contribution in [2.24, 2.45) is 16.3 Å². The number of sulfonamides is 1. The predicted octanol–water partition coefficient (Wildman–Crippen LogP) is 4.48. The number of anilines is 1. The number of amides is 5. The molecular formula is C41H54N6O12S. The zero-order valence-corrected chi connectivity index (χ0v) is 35.8. The van der Waals surface area contributed by atoms with E-state index >= 15 is 0 Å². The minimum absolute atomic E-state index is 0.0982. The third-order valence-corrected chi connectivity index (χ3v) is 11.6. The number of hydrogen-bond acceptors (Lipinski definition) is 13. The smallest absolute Gasteiger partial charge is 0.412 e. The van der Waals surface area contributed by atoms with Crippen LogP contribution in [0.1, 0.15) is 67.2 Å². The topological polar surface area (TPSA) is 237 Å². The van der Waals surface area contributed by atoms with Gasteiger partial charge in [-0.3, -0.25) is 24.4 Å². The third-order valence-electron chi connectivity index (χ3n) is 9.74. The molecule has 2 saturated carbocycles. The summed E-state index contributed by atoms with van der Waals surface area (Å²) in [6.07, 6.45) is 1.03. The number of nitrogens with one attached hydrogen (secondary N) is 4. The molecule has 3 aliphatic rings. The number of benzene rings is 2. The van der Waals surface area contributed by atoms with E-state index in [0.29, 0.717) is 35.7 Å². The molecular weight excluding hydrogens is 801 g/mol. The van der Waals surface area contributed by atoms with E-state index in [1.165, 1.54) is 31.3 Å². The number of hydrogen-bond donors (Lipinski definition) is 4. The van der Waals surface area contributed by atoms with Gasteiger partial charge in [-0.15, -0.1) is 6.58 Å². The Morgan fingerprint density at radius 3 is 2.12 bits per heavy atom. The van der Waals surface area contributed by atoms with Crippen LogP contribution in [0.4, 0.5) is 21.0 Å². The van der Waals surface area contributed by atoms with E-state index in [1.54, 1.807) is 84.0 Å². The number of rotatable bonds is 13. The molecule has 3 fully saturated rings. The molecule has 4 N–H and O–H groups in total. The molecule has 1 heterocycles. The molecule has 2 aromatic carbocycles. The van der Waals surface area contributed by atoms with Gasteiger partial charge in [-0.05, 0) is 69.7 Å². The van der Waals surface area contributed by atoms with Crippen LogP contribution < -0.4 is 30.1 Å². The number of carbonyl (C=O) groups excluding carboxylic acids is 6. The molecule has 19 heteroatoms. The van der Waals surface area contributed by atoms with Crippen molar-refractivity contribution in [3.05, 3.63) is 61.2 Å².